The molecule has 3 aromatic rings. The number of halogens is 1. The molecule has 1 atom stereocenters. The largest absolute Gasteiger partial charge is 0.508 e. The highest BCUT2D eigenvalue weighted by atomic mass is 19.1. The minimum atomic E-state index is -0.909. The van der Waals surface area contributed by atoms with Crippen molar-refractivity contribution in [3.63, 3.8) is 0 Å². The minimum Gasteiger partial charge on any atom is -0.508 e. The molecule has 5 nitrogen and oxygen atoms in total. The normalized spacial score (nSPS) is 11.5. The summed E-state index contributed by atoms with van der Waals surface area (Å²) in [6.45, 7) is 8.30. The molecule has 5 N–H and O–H groups in total. The van der Waals surface area contributed by atoms with Crippen LogP contribution < -0.4 is 11.5 Å². The zero-order valence-corrected chi connectivity index (χ0v) is 19.9. The fraction of sp³-hybridized carbons (Fsp3) is 0.333. The first-order chi connectivity index (χ1) is 15.8. The summed E-state index contributed by atoms with van der Waals surface area (Å²) in [6.07, 6.45) is 2.10. The average Bonchev–Trinajstić information content (AvgIpc) is 2.80. The number of amides is 1. The number of pyridine rings is 1. The van der Waals surface area contributed by atoms with Crippen LogP contribution in [0.2, 0.25) is 0 Å². The van der Waals surface area contributed by atoms with Crippen molar-refractivity contribution in [1.29, 1.82) is 0 Å². The quantitative estimate of drug-likeness (QED) is 0.448. The van der Waals surface area contributed by atoms with Gasteiger partial charge < -0.3 is 16.6 Å². The smallest absolute Gasteiger partial charge is 0.231 e. The van der Waals surface area contributed by atoms with Crippen LogP contribution in [0.3, 0.4) is 0 Å². The van der Waals surface area contributed by atoms with Crippen LogP contribution in [0.15, 0.2) is 48.5 Å². The van der Waals surface area contributed by atoms with Crippen molar-refractivity contribution in [2.24, 2.45) is 11.5 Å². The zero-order valence-electron chi connectivity index (χ0n) is 19.9. The highest BCUT2D eigenvalue weighted by Gasteiger charge is 2.28. The van der Waals surface area contributed by atoms with Crippen LogP contribution in [0.4, 0.5) is 4.39 Å². The molecule has 0 radical (unpaired) electrons. The fourth-order valence-corrected chi connectivity index (χ4v) is 3.94. The van der Waals surface area contributed by atoms with E-state index in [-0.39, 0.29) is 11.6 Å². The van der Waals surface area contributed by atoms with Crippen LogP contribution in [-0.4, -0.2) is 22.5 Å². The molecule has 1 unspecified atom stereocenters. The van der Waals surface area contributed by atoms with Crippen molar-refractivity contribution in [2.75, 3.05) is 6.54 Å². The molecule has 0 saturated carbocycles. The SMILES string of the molecule is CC.CCc1cccc(O)c1C(C(N)=O)c1cc(CCCN)cc(-c2ccc(F)cc2C)n1. The van der Waals surface area contributed by atoms with Crippen molar-refractivity contribution in [1.82, 2.24) is 4.98 Å². The molecule has 3 rings (SSSR count). The third-order valence-electron chi connectivity index (χ3n) is 5.46. The van der Waals surface area contributed by atoms with Gasteiger partial charge in [-0.25, -0.2) is 4.39 Å². The first-order valence-electron chi connectivity index (χ1n) is 11.4. The van der Waals surface area contributed by atoms with Crippen molar-refractivity contribution in [3.8, 4) is 17.0 Å². The van der Waals surface area contributed by atoms with Gasteiger partial charge in [-0.2, -0.15) is 0 Å². The molecule has 1 heterocycles. The summed E-state index contributed by atoms with van der Waals surface area (Å²) in [4.78, 5) is 17.4. The lowest BCUT2D eigenvalue weighted by Gasteiger charge is -2.20. The van der Waals surface area contributed by atoms with E-state index in [1.54, 1.807) is 18.2 Å². The van der Waals surface area contributed by atoms with Gasteiger partial charge in [-0.1, -0.05) is 32.9 Å². The lowest BCUT2D eigenvalue weighted by Crippen LogP contribution is -2.25. The predicted molar refractivity (Wildman–Crippen MR) is 132 cm³/mol. The molecule has 0 aliphatic rings. The van der Waals surface area contributed by atoms with Crippen molar-refractivity contribution in [3.05, 3.63) is 82.3 Å². The van der Waals surface area contributed by atoms with E-state index in [9.17, 15) is 14.3 Å². The number of nitrogens with zero attached hydrogens (tertiary/aromatic N) is 1. The van der Waals surface area contributed by atoms with Crippen molar-refractivity contribution in [2.45, 2.75) is 52.9 Å². The molecule has 2 aromatic carbocycles. The maximum absolute atomic E-state index is 13.6. The fourth-order valence-electron chi connectivity index (χ4n) is 3.94. The van der Waals surface area contributed by atoms with Gasteiger partial charge in [0.15, 0.2) is 0 Å². The number of aromatic hydroxyl groups is 1. The van der Waals surface area contributed by atoms with Crippen LogP contribution >= 0.6 is 0 Å². The molecule has 0 fully saturated rings. The number of phenolic OH excluding ortho intramolecular Hbond substituents is 1. The standard InChI is InChI=1S/C25H28FN3O2.C2H6/c1-3-17-7-4-8-22(30)23(17)24(25(28)31)21-14-16(6-5-11-27)13-20(29-21)19-10-9-18(26)12-15(19)2;1-2/h4,7-10,12-14,24,30H,3,5-6,11,27H2,1-2H3,(H2,28,31);1-2H3. The van der Waals surface area contributed by atoms with Gasteiger partial charge in [-0.05, 0) is 85.8 Å². The van der Waals surface area contributed by atoms with E-state index in [4.69, 9.17) is 16.5 Å². The number of aryl methyl sites for hydroxylation is 3. The lowest BCUT2D eigenvalue weighted by atomic mass is 9.87. The van der Waals surface area contributed by atoms with E-state index in [2.05, 4.69) is 0 Å². The minimum absolute atomic E-state index is 0.0109. The van der Waals surface area contributed by atoms with Gasteiger partial charge in [0.05, 0.1) is 11.4 Å². The molecular formula is C27H34FN3O2. The van der Waals surface area contributed by atoms with Crippen LogP contribution in [-0.2, 0) is 17.6 Å². The van der Waals surface area contributed by atoms with Gasteiger partial charge in [0, 0.05) is 11.1 Å². The van der Waals surface area contributed by atoms with Gasteiger partial charge in [0.1, 0.15) is 17.5 Å². The number of hydrogen-bond donors (Lipinski definition) is 3. The molecule has 0 bridgehead atoms. The second-order valence-corrected chi connectivity index (χ2v) is 7.68. The van der Waals surface area contributed by atoms with Crippen LogP contribution in [0.25, 0.3) is 11.3 Å². The van der Waals surface area contributed by atoms with Gasteiger partial charge in [-0.3, -0.25) is 9.78 Å². The molecule has 0 aliphatic carbocycles. The number of carbonyl (C=O) groups is 1. The number of benzene rings is 2. The monoisotopic (exact) mass is 451 g/mol. The van der Waals surface area contributed by atoms with E-state index in [0.29, 0.717) is 36.3 Å². The summed E-state index contributed by atoms with van der Waals surface area (Å²) in [5.74, 6) is -1.82. The summed E-state index contributed by atoms with van der Waals surface area (Å²) in [7, 11) is 0. The second-order valence-electron chi connectivity index (χ2n) is 7.68. The zero-order chi connectivity index (χ0) is 24.5. The Morgan fingerprint density at radius 1 is 1.15 bits per heavy atom. The lowest BCUT2D eigenvalue weighted by molar-refractivity contribution is -0.118. The topological polar surface area (TPSA) is 102 Å². The Kier molecular flexibility index (Phi) is 9.55. The third-order valence-corrected chi connectivity index (χ3v) is 5.46. The van der Waals surface area contributed by atoms with Crippen LogP contribution in [0.1, 0.15) is 61.1 Å². The summed E-state index contributed by atoms with van der Waals surface area (Å²) in [6, 6.07) is 13.5. The van der Waals surface area contributed by atoms with Crippen LogP contribution in [0, 0.1) is 12.7 Å². The molecule has 0 saturated heterocycles. The highest BCUT2D eigenvalue weighted by Crippen LogP contribution is 2.35. The average molecular weight is 452 g/mol. The molecule has 6 heteroatoms. The Labute approximate surface area is 195 Å². The van der Waals surface area contributed by atoms with E-state index < -0.39 is 11.8 Å². The summed E-state index contributed by atoms with van der Waals surface area (Å²) >= 11 is 0. The number of rotatable bonds is 8. The van der Waals surface area contributed by atoms with E-state index >= 15 is 0 Å². The van der Waals surface area contributed by atoms with E-state index in [0.717, 1.165) is 28.7 Å². The highest BCUT2D eigenvalue weighted by molar-refractivity contribution is 5.87. The van der Waals surface area contributed by atoms with E-state index in [1.807, 2.05) is 45.9 Å². The maximum atomic E-state index is 13.6. The Bertz CT molecular complexity index is 1100. The molecular weight excluding hydrogens is 417 g/mol. The molecule has 1 amide bonds. The Morgan fingerprint density at radius 3 is 2.48 bits per heavy atom. The second kappa shape index (κ2) is 12.1. The number of phenols is 1. The predicted octanol–water partition coefficient (Wildman–Crippen LogP) is 5.00. The maximum Gasteiger partial charge on any atom is 0.231 e. The van der Waals surface area contributed by atoms with Gasteiger partial charge in [-0.15, -0.1) is 0 Å². The Morgan fingerprint density at radius 2 is 1.88 bits per heavy atom. The number of hydrogen-bond acceptors (Lipinski definition) is 4. The molecule has 33 heavy (non-hydrogen) atoms. The number of nitrogens with two attached hydrogens (primary N) is 2. The van der Waals surface area contributed by atoms with E-state index in [1.165, 1.54) is 12.1 Å². The summed E-state index contributed by atoms with van der Waals surface area (Å²) in [5.41, 5.74) is 16.4. The summed E-state index contributed by atoms with van der Waals surface area (Å²) < 4.78 is 13.6. The Hall–Kier alpha value is -3.25. The first-order valence-corrected chi connectivity index (χ1v) is 11.4. The van der Waals surface area contributed by atoms with Crippen molar-refractivity contribution >= 4 is 5.91 Å². The number of primary amides is 1. The number of aromatic nitrogens is 1. The molecule has 0 aliphatic heterocycles. The van der Waals surface area contributed by atoms with Gasteiger partial charge in [0.2, 0.25) is 5.91 Å². The molecule has 1 aromatic heterocycles. The molecule has 176 valence electrons. The van der Waals surface area contributed by atoms with Crippen molar-refractivity contribution < 1.29 is 14.3 Å². The molecule has 0 spiro atoms. The first kappa shape index (κ1) is 26.0. The van der Waals surface area contributed by atoms with Crippen LogP contribution in [0.5, 0.6) is 5.75 Å². The Balaban J connectivity index is 0.00000187. The number of carbonyl (C=O) groups excluding carboxylic acids is 1. The van der Waals surface area contributed by atoms with Gasteiger partial charge >= 0.3 is 0 Å². The third kappa shape index (κ3) is 6.17. The van der Waals surface area contributed by atoms with Gasteiger partial charge in [0.25, 0.3) is 0 Å². The summed E-state index contributed by atoms with van der Waals surface area (Å²) in [5, 5.41) is 10.6.